The molecule has 2 aromatic carbocycles. The molecule has 3 aromatic rings. The number of benzene rings is 2. The third kappa shape index (κ3) is 7.40. The van der Waals surface area contributed by atoms with E-state index < -0.39 is 12.1 Å². The van der Waals surface area contributed by atoms with Gasteiger partial charge in [-0.15, -0.1) is 5.06 Å². The van der Waals surface area contributed by atoms with Gasteiger partial charge in [0.1, 0.15) is 6.04 Å². The van der Waals surface area contributed by atoms with Gasteiger partial charge in [0.15, 0.2) is 0 Å². The van der Waals surface area contributed by atoms with Crippen LogP contribution in [0.25, 0.3) is 10.9 Å². The summed E-state index contributed by atoms with van der Waals surface area (Å²) in [5.41, 5.74) is 3.56. The molecule has 1 aromatic heterocycles. The van der Waals surface area contributed by atoms with Gasteiger partial charge in [-0.2, -0.15) is 5.10 Å². The van der Waals surface area contributed by atoms with Crippen LogP contribution < -0.4 is 16.0 Å². The SMILES string of the molecule is O=C(NC(Cc1cc(Cl)c2[nH]ncc2c1)C(=O)N1CCC(C2CCNCC2)CC1)ON1CCC(N2CCc3ccccc3NC2=O)CC1. The average molecular weight is 677 g/mol. The summed E-state index contributed by atoms with van der Waals surface area (Å²) >= 11 is 6.53. The Morgan fingerprint density at radius 1 is 0.979 bits per heavy atom. The van der Waals surface area contributed by atoms with Crippen LogP contribution in [0.2, 0.25) is 5.02 Å². The molecule has 3 fully saturated rings. The number of hydroxylamine groups is 2. The van der Waals surface area contributed by atoms with Crippen molar-refractivity contribution < 1.29 is 19.2 Å². The highest BCUT2D eigenvalue weighted by Gasteiger charge is 2.35. The maximum atomic E-state index is 14.0. The van der Waals surface area contributed by atoms with Gasteiger partial charge in [-0.1, -0.05) is 29.8 Å². The number of H-pyrrole nitrogens is 1. The van der Waals surface area contributed by atoms with E-state index in [0.29, 0.717) is 62.4 Å². The highest BCUT2D eigenvalue weighted by molar-refractivity contribution is 6.35. The summed E-state index contributed by atoms with van der Waals surface area (Å²) in [5.74, 6) is 1.24. The Hall–Kier alpha value is -3.87. The fourth-order valence-corrected chi connectivity index (χ4v) is 8.31. The van der Waals surface area contributed by atoms with Crippen molar-refractivity contribution in [1.29, 1.82) is 0 Å². The molecule has 1 unspecified atom stereocenters. The van der Waals surface area contributed by atoms with Gasteiger partial charge < -0.3 is 30.6 Å². The zero-order valence-electron chi connectivity index (χ0n) is 27.3. The predicted molar refractivity (Wildman–Crippen MR) is 184 cm³/mol. The summed E-state index contributed by atoms with van der Waals surface area (Å²) in [5, 5.41) is 19.4. The van der Waals surface area contributed by atoms with Gasteiger partial charge in [0.05, 0.1) is 16.7 Å². The number of aromatic nitrogens is 2. The number of carbonyl (C=O) groups is 3. The number of rotatable bonds is 7. The zero-order valence-corrected chi connectivity index (χ0v) is 28.0. The normalized spacial score (nSPS) is 21.0. The number of hydrogen-bond acceptors (Lipinski definition) is 7. The topological polar surface area (TPSA) is 135 Å². The highest BCUT2D eigenvalue weighted by atomic mass is 35.5. The van der Waals surface area contributed by atoms with Crippen LogP contribution >= 0.6 is 11.6 Å². The minimum absolute atomic E-state index is 0.0481. The molecule has 4 aliphatic rings. The Morgan fingerprint density at radius 2 is 1.73 bits per heavy atom. The lowest BCUT2D eigenvalue weighted by atomic mass is 9.79. The number of nitrogens with one attached hydrogen (secondary N) is 4. The molecular weight excluding hydrogens is 632 g/mol. The van der Waals surface area contributed by atoms with Crippen molar-refractivity contribution in [2.24, 2.45) is 11.8 Å². The number of anilines is 1. The van der Waals surface area contributed by atoms with E-state index in [0.717, 1.165) is 60.1 Å². The van der Waals surface area contributed by atoms with Gasteiger partial charge in [-0.25, -0.2) is 9.59 Å². The van der Waals surface area contributed by atoms with E-state index in [2.05, 4.69) is 26.1 Å². The molecule has 4 amide bonds. The van der Waals surface area contributed by atoms with Crippen molar-refractivity contribution in [1.82, 2.24) is 35.7 Å². The number of halogens is 1. The minimum atomic E-state index is -0.812. The second-order valence-electron chi connectivity index (χ2n) is 13.6. The first-order chi connectivity index (χ1) is 23.4. The third-order valence-corrected chi connectivity index (χ3v) is 11.0. The minimum Gasteiger partial charge on any atom is -0.351 e. The zero-order chi connectivity index (χ0) is 33.0. The van der Waals surface area contributed by atoms with Gasteiger partial charge in [-0.05, 0) is 99.2 Å². The van der Waals surface area contributed by atoms with Crippen molar-refractivity contribution >= 4 is 46.2 Å². The maximum absolute atomic E-state index is 14.0. The van der Waals surface area contributed by atoms with E-state index >= 15 is 0 Å². The van der Waals surface area contributed by atoms with E-state index in [4.69, 9.17) is 16.4 Å². The van der Waals surface area contributed by atoms with E-state index in [1.165, 1.54) is 12.8 Å². The smallest absolute Gasteiger partial charge is 0.351 e. The van der Waals surface area contributed by atoms with Crippen LogP contribution in [0, 0.1) is 11.8 Å². The summed E-state index contributed by atoms with van der Waals surface area (Å²) in [6.45, 7) is 5.13. The summed E-state index contributed by atoms with van der Waals surface area (Å²) in [6, 6.07) is 10.8. The van der Waals surface area contributed by atoms with Crippen LogP contribution in [0.4, 0.5) is 15.3 Å². The quantitative estimate of drug-likeness (QED) is 0.288. The van der Waals surface area contributed by atoms with E-state index in [9.17, 15) is 14.4 Å². The lowest BCUT2D eigenvalue weighted by molar-refractivity contribution is -0.137. The van der Waals surface area contributed by atoms with E-state index in [1.807, 2.05) is 46.2 Å². The molecule has 256 valence electrons. The standard InChI is InChI=1S/C35H45ClN8O4/c36-29-20-23(19-27-22-38-41-32(27)29)21-31(33(45)42-14-7-25(8-15-42)24-5-12-37-13-6-24)40-35(47)48-43-16-10-28(11-17-43)44-18-9-26-3-1-2-4-30(26)39-34(44)46/h1-4,19-20,22,24-25,28,31,37H,5-18,21H2,(H,38,41)(H,39,46)(H,40,47). The number of piperidine rings is 3. The molecule has 48 heavy (non-hydrogen) atoms. The molecule has 4 N–H and O–H groups in total. The van der Waals surface area contributed by atoms with E-state index in [-0.39, 0.29) is 24.4 Å². The van der Waals surface area contributed by atoms with Crippen LogP contribution in [0.3, 0.4) is 0 Å². The number of carbonyl (C=O) groups excluding carboxylic acids is 3. The number of aromatic amines is 1. The lowest BCUT2D eigenvalue weighted by Crippen LogP contribution is -2.54. The van der Waals surface area contributed by atoms with Gasteiger partial charge in [0, 0.05) is 56.3 Å². The predicted octanol–water partition coefficient (Wildman–Crippen LogP) is 4.56. The Kier molecular flexibility index (Phi) is 10.0. The van der Waals surface area contributed by atoms with Crippen LogP contribution in [0.5, 0.6) is 0 Å². The fourth-order valence-electron chi connectivity index (χ4n) is 8.02. The molecule has 0 spiro atoms. The van der Waals surface area contributed by atoms with E-state index in [1.54, 1.807) is 11.3 Å². The summed E-state index contributed by atoms with van der Waals surface area (Å²) in [6.07, 6.45) is 7.82. The number of fused-ring (bicyclic) bond motifs is 2. The molecular formula is C35H45ClN8O4. The number of urea groups is 1. The average Bonchev–Trinajstić information content (AvgIpc) is 3.52. The third-order valence-electron chi connectivity index (χ3n) is 10.7. The van der Waals surface area contributed by atoms with Gasteiger partial charge in [0.25, 0.3) is 0 Å². The number of hydrogen-bond donors (Lipinski definition) is 4. The first kappa shape index (κ1) is 32.7. The number of nitrogens with zero attached hydrogens (tertiary/aromatic N) is 4. The van der Waals surface area contributed by atoms with Crippen molar-refractivity contribution in [3.63, 3.8) is 0 Å². The van der Waals surface area contributed by atoms with Crippen LogP contribution in [0.15, 0.2) is 42.6 Å². The van der Waals surface area contributed by atoms with Crippen molar-refractivity contribution in [2.75, 3.05) is 51.1 Å². The second-order valence-corrected chi connectivity index (χ2v) is 14.0. The summed E-state index contributed by atoms with van der Waals surface area (Å²) in [7, 11) is 0. The molecule has 4 aliphatic heterocycles. The molecule has 0 saturated carbocycles. The lowest BCUT2D eigenvalue weighted by Gasteiger charge is -2.39. The Labute approximate surface area is 285 Å². The molecule has 5 heterocycles. The molecule has 0 aliphatic carbocycles. The number of para-hydroxylation sites is 1. The molecule has 7 rings (SSSR count). The van der Waals surface area contributed by atoms with Gasteiger partial charge in [0.2, 0.25) is 5.91 Å². The molecule has 0 bridgehead atoms. The van der Waals surface area contributed by atoms with Crippen LogP contribution in [0.1, 0.15) is 49.7 Å². The number of amides is 4. The van der Waals surface area contributed by atoms with Crippen LogP contribution in [-0.4, -0.2) is 101 Å². The Morgan fingerprint density at radius 3 is 2.52 bits per heavy atom. The molecule has 0 radical (unpaired) electrons. The molecule has 1 atom stereocenters. The van der Waals surface area contributed by atoms with Crippen molar-refractivity contribution in [2.45, 2.75) is 63.5 Å². The van der Waals surface area contributed by atoms with Crippen molar-refractivity contribution in [3.05, 3.63) is 58.7 Å². The van der Waals surface area contributed by atoms with Gasteiger partial charge >= 0.3 is 12.1 Å². The monoisotopic (exact) mass is 676 g/mol. The summed E-state index contributed by atoms with van der Waals surface area (Å²) in [4.78, 5) is 49.9. The van der Waals surface area contributed by atoms with Gasteiger partial charge in [-0.3, -0.25) is 9.89 Å². The van der Waals surface area contributed by atoms with Crippen LogP contribution in [-0.2, 0) is 22.5 Å². The second kappa shape index (κ2) is 14.7. The Bertz CT molecular complexity index is 1610. The largest absolute Gasteiger partial charge is 0.426 e. The fraction of sp³-hybridized carbons (Fsp3) is 0.543. The first-order valence-electron chi connectivity index (χ1n) is 17.4. The molecule has 13 heteroatoms. The highest BCUT2D eigenvalue weighted by Crippen LogP contribution is 2.32. The molecule has 12 nitrogen and oxygen atoms in total. The Balaban J connectivity index is 0.967. The molecule has 3 saturated heterocycles. The first-order valence-corrected chi connectivity index (χ1v) is 17.8. The maximum Gasteiger partial charge on any atom is 0.426 e. The van der Waals surface area contributed by atoms with Crippen molar-refractivity contribution in [3.8, 4) is 0 Å². The summed E-state index contributed by atoms with van der Waals surface area (Å²) < 4.78 is 0. The number of likely N-dealkylation sites (tertiary alicyclic amines) is 1.